The highest BCUT2D eigenvalue weighted by molar-refractivity contribution is 8.00. The van der Waals surface area contributed by atoms with Crippen molar-refractivity contribution in [3.8, 4) is 0 Å². The van der Waals surface area contributed by atoms with Gasteiger partial charge in [-0.15, -0.1) is 11.8 Å². The minimum absolute atomic E-state index is 0.292. The molecule has 1 atom stereocenters. The molecule has 0 saturated heterocycles. The second kappa shape index (κ2) is 6.57. The van der Waals surface area contributed by atoms with Gasteiger partial charge in [0.15, 0.2) is 0 Å². The second-order valence-electron chi connectivity index (χ2n) is 4.39. The van der Waals surface area contributed by atoms with E-state index in [0.717, 1.165) is 16.0 Å². The zero-order valence-corrected chi connectivity index (χ0v) is 12.1. The molecule has 0 aliphatic carbocycles. The van der Waals surface area contributed by atoms with Crippen LogP contribution in [0.5, 0.6) is 0 Å². The maximum Gasteiger partial charge on any atom is 0.323 e. The Hall–Kier alpha value is -1.81. The van der Waals surface area contributed by atoms with Crippen molar-refractivity contribution in [2.75, 3.05) is 7.11 Å². The summed E-state index contributed by atoms with van der Waals surface area (Å²) in [5, 5.41) is -0.453. The Morgan fingerprint density at radius 3 is 2.25 bits per heavy atom. The molecule has 0 amide bonds. The van der Waals surface area contributed by atoms with Gasteiger partial charge in [-0.1, -0.05) is 29.8 Å². The number of carbonyl (C=O) groups excluding carboxylic acids is 1. The van der Waals surface area contributed by atoms with Crippen molar-refractivity contribution in [3.63, 3.8) is 0 Å². The summed E-state index contributed by atoms with van der Waals surface area (Å²) in [5.74, 6) is -0.609. The maximum atomic E-state index is 12.9. The molecular formula is C16H15FO2S. The molecule has 0 aliphatic rings. The van der Waals surface area contributed by atoms with Gasteiger partial charge in [0.25, 0.3) is 0 Å². The fourth-order valence-electron chi connectivity index (χ4n) is 1.75. The number of carbonyl (C=O) groups is 1. The summed E-state index contributed by atoms with van der Waals surface area (Å²) in [4.78, 5) is 12.8. The Kier molecular flexibility index (Phi) is 4.79. The van der Waals surface area contributed by atoms with Gasteiger partial charge in [-0.05, 0) is 36.8 Å². The second-order valence-corrected chi connectivity index (χ2v) is 5.56. The molecular weight excluding hydrogens is 275 g/mol. The van der Waals surface area contributed by atoms with E-state index in [-0.39, 0.29) is 11.8 Å². The molecule has 20 heavy (non-hydrogen) atoms. The summed E-state index contributed by atoms with van der Waals surface area (Å²) >= 11 is 1.35. The Morgan fingerprint density at radius 2 is 1.70 bits per heavy atom. The fourth-order valence-corrected chi connectivity index (χ4v) is 2.80. The zero-order valence-electron chi connectivity index (χ0n) is 11.3. The van der Waals surface area contributed by atoms with Crippen molar-refractivity contribution in [3.05, 3.63) is 65.5 Å². The fraction of sp³-hybridized carbons (Fsp3) is 0.188. The lowest BCUT2D eigenvalue weighted by molar-refractivity contribution is -0.140. The number of hydrogen-bond donors (Lipinski definition) is 0. The van der Waals surface area contributed by atoms with Crippen molar-refractivity contribution in [2.24, 2.45) is 0 Å². The van der Waals surface area contributed by atoms with Gasteiger partial charge in [0.05, 0.1) is 7.11 Å². The quantitative estimate of drug-likeness (QED) is 0.625. The molecule has 2 nitrogen and oxygen atoms in total. The number of rotatable bonds is 4. The number of hydrogen-bond acceptors (Lipinski definition) is 3. The van der Waals surface area contributed by atoms with Crippen LogP contribution in [-0.4, -0.2) is 13.1 Å². The van der Waals surface area contributed by atoms with Crippen LogP contribution in [0.1, 0.15) is 16.4 Å². The lowest BCUT2D eigenvalue weighted by Crippen LogP contribution is -2.11. The van der Waals surface area contributed by atoms with Crippen molar-refractivity contribution < 1.29 is 13.9 Å². The number of aryl methyl sites for hydroxylation is 1. The average Bonchev–Trinajstić information content (AvgIpc) is 2.47. The Morgan fingerprint density at radius 1 is 1.10 bits per heavy atom. The van der Waals surface area contributed by atoms with Crippen molar-refractivity contribution >= 4 is 17.7 Å². The van der Waals surface area contributed by atoms with E-state index in [1.807, 2.05) is 31.2 Å². The summed E-state index contributed by atoms with van der Waals surface area (Å²) in [6.45, 7) is 1.99. The van der Waals surface area contributed by atoms with E-state index in [2.05, 4.69) is 0 Å². The van der Waals surface area contributed by atoms with Crippen LogP contribution in [-0.2, 0) is 9.53 Å². The van der Waals surface area contributed by atoms with E-state index in [4.69, 9.17) is 4.74 Å². The van der Waals surface area contributed by atoms with E-state index >= 15 is 0 Å². The first-order valence-corrected chi connectivity index (χ1v) is 7.05. The lowest BCUT2D eigenvalue weighted by Gasteiger charge is -2.15. The van der Waals surface area contributed by atoms with Gasteiger partial charge < -0.3 is 4.74 Å². The molecule has 0 saturated carbocycles. The molecule has 0 aliphatic heterocycles. The largest absolute Gasteiger partial charge is 0.468 e. The molecule has 0 fully saturated rings. The topological polar surface area (TPSA) is 26.3 Å². The van der Waals surface area contributed by atoms with E-state index in [0.29, 0.717) is 0 Å². The molecule has 2 rings (SSSR count). The van der Waals surface area contributed by atoms with Crippen LogP contribution in [0.2, 0.25) is 0 Å². The molecule has 0 spiro atoms. The molecule has 0 N–H and O–H groups in total. The van der Waals surface area contributed by atoms with E-state index in [9.17, 15) is 9.18 Å². The number of ether oxygens (including phenoxy) is 1. The summed E-state index contributed by atoms with van der Waals surface area (Å²) in [5.41, 5.74) is 2.00. The highest BCUT2D eigenvalue weighted by Gasteiger charge is 2.22. The summed E-state index contributed by atoms with van der Waals surface area (Å²) < 4.78 is 17.8. The summed E-state index contributed by atoms with van der Waals surface area (Å²) in [7, 11) is 1.37. The summed E-state index contributed by atoms with van der Waals surface area (Å²) in [6.07, 6.45) is 0. The smallest absolute Gasteiger partial charge is 0.323 e. The van der Waals surface area contributed by atoms with Gasteiger partial charge in [-0.3, -0.25) is 4.79 Å². The third-order valence-corrected chi connectivity index (χ3v) is 4.11. The van der Waals surface area contributed by atoms with Crippen LogP contribution in [0.15, 0.2) is 53.4 Å². The predicted octanol–water partition coefficient (Wildman–Crippen LogP) is 4.14. The van der Waals surface area contributed by atoms with Crippen molar-refractivity contribution in [2.45, 2.75) is 17.1 Å². The number of benzene rings is 2. The van der Waals surface area contributed by atoms with Crippen molar-refractivity contribution in [1.82, 2.24) is 0 Å². The monoisotopic (exact) mass is 290 g/mol. The lowest BCUT2D eigenvalue weighted by atomic mass is 10.1. The standard InChI is InChI=1S/C16H15FO2S/c1-11-3-5-12(6-4-11)15(16(18)19-2)20-14-9-7-13(17)8-10-14/h3-10,15H,1-2H3. The number of methoxy groups -OCH3 is 1. The van der Waals surface area contributed by atoms with E-state index in [1.54, 1.807) is 12.1 Å². The minimum Gasteiger partial charge on any atom is -0.468 e. The van der Waals surface area contributed by atoms with Gasteiger partial charge in [-0.25, -0.2) is 4.39 Å². The zero-order chi connectivity index (χ0) is 14.5. The average molecular weight is 290 g/mol. The van der Waals surface area contributed by atoms with E-state index in [1.165, 1.54) is 31.0 Å². The number of halogens is 1. The van der Waals surface area contributed by atoms with Crippen LogP contribution in [0.3, 0.4) is 0 Å². The van der Waals surface area contributed by atoms with Crippen LogP contribution in [0.4, 0.5) is 4.39 Å². The number of thioether (sulfide) groups is 1. The van der Waals surface area contributed by atoms with E-state index < -0.39 is 5.25 Å². The van der Waals surface area contributed by atoms with Gasteiger partial charge in [-0.2, -0.15) is 0 Å². The molecule has 0 aromatic heterocycles. The van der Waals surface area contributed by atoms with Crippen molar-refractivity contribution in [1.29, 1.82) is 0 Å². The third-order valence-electron chi connectivity index (χ3n) is 2.86. The minimum atomic E-state index is -0.453. The Balaban J connectivity index is 2.26. The number of esters is 1. The van der Waals surface area contributed by atoms with Crippen LogP contribution in [0.25, 0.3) is 0 Å². The molecule has 2 aromatic rings. The van der Waals surface area contributed by atoms with Crippen LogP contribution < -0.4 is 0 Å². The Labute approximate surface area is 122 Å². The predicted molar refractivity (Wildman–Crippen MR) is 78.2 cm³/mol. The normalized spacial score (nSPS) is 11.9. The Bertz CT molecular complexity index is 578. The molecule has 4 heteroatoms. The van der Waals surface area contributed by atoms with Gasteiger partial charge in [0.1, 0.15) is 11.1 Å². The first kappa shape index (κ1) is 14.6. The first-order chi connectivity index (χ1) is 9.60. The van der Waals surface area contributed by atoms with Crippen LogP contribution >= 0.6 is 11.8 Å². The van der Waals surface area contributed by atoms with Gasteiger partial charge in [0.2, 0.25) is 0 Å². The molecule has 1 unspecified atom stereocenters. The van der Waals surface area contributed by atoms with Crippen LogP contribution in [0, 0.1) is 12.7 Å². The molecule has 0 heterocycles. The maximum absolute atomic E-state index is 12.9. The molecule has 104 valence electrons. The molecule has 2 aromatic carbocycles. The SMILES string of the molecule is COC(=O)C(Sc1ccc(F)cc1)c1ccc(C)cc1. The van der Waals surface area contributed by atoms with Gasteiger partial charge >= 0.3 is 5.97 Å². The molecule has 0 radical (unpaired) electrons. The highest BCUT2D eigenvalue weighted by atomic mass is 32.2. The third kappa shape index (κ3) is 3.61. The first-order valence-electron chi connectivity index (χ1n) is 6.17. The highest BCUT2D eigenvalue weighted by Crippen LogP contribution is 2.36. The van der Waals surface area contributed by atoms with Gasteiger partial charge in [0, 0.05) is 4.90 Å². The molecule has 0 bridgehead atoms. The summed E-state index contributed by atoms with van der Waals surface area (Å²) in [6, 6.07) is 13.8.